The number of ether oxygens (including phenoxy) is 1. The van der Waals surface area contributed by atoms with Crippen LogP contribution in [0.15, 0.2) is 0 Å². The van der Waals surface area contributed by atoms with Crippen molar-refractivity contribution in [3.8, 4) is 0 Å². The summed E-state index contributed by atoms with van der Waals surface area (Å²) in [5.74, 6) is 1.40. The third-order valence-corrected chi connectivity index (χ3v) is 4.04. The van der Waals surface area contributed by atoms with Crippen LogP contribution in [0.3, 0.4) is 0 Å². The van der Waals surface area contributed by atoms with Crippen LogP contribution < -0.4 is 0 Å². The van der Waals surface area contributed by atoms with Crippen LogP contribution in [0.2, 0.25) is 0 Å². The van der Waals surface area contributed by atoms with E-state index in [1.54, 1.807) is 0 Å². The third-order valence-electron chi connectivity index (χ3n) is 4.04. The van der Waals surface area contributed by atoms with Gasteiger partial charge in [-0.25, -0.2) is 0 Å². The van der Waals surface area contributed by atoms with Crippen molar-refractivity contribution in [3.63, 3.8) is 0 Å². The van der Waals surface area contributed by atoms with Crippen molar-refractivity contribution in [2.24, 2.45) is 29.6 Å². The Balaban J connectivity index is 2.37. The molecule has 4 unspecified atom stereocenters. The molecule has 0 saturated carbocycles. The summed E-state index contributed by atoms with van der Waals surface area (Å²) in [6.07, 6.45) is 3.71. The molecule has 1 rings (SSSR count). The van der Waals surface area contributed by atoms with Crippen LogP contribution in [0.4, 0.5) is 0 Å². The highest BCUT2D eigenvalue weighted by Crippen LogP contribution is 2.31. The summed E-state index contributed by atoms with van der Waals surface area (Å²) in [6, 6.07) is 0. The number of esters is 2. The predicted molar refractivity (Wildman–Crippen MR) is 75.4 cm³/mol. The van der Waals surface area contributed by atoms with Gasteiger partial charge < -0.3 is 4.74 Å². The van der Waals surface area contributed by atoms with Crippen LogP contribution in [0, 0.1) is 29.6 Å². The Bertz CT molecular complexity index is 322. The molecule has 1 aliphatic heterocycles. The zero-order chi connectivity index (χ0) is 14.6. The smallest absolute Gasteiger partial charge is 0.317 e. The van der Waals surface area contributed by atoms with Gasteiger partial charge in [-0.15, -0.1) is 0 Å². The summed E-state index contributed by atoms with van der Waals surface area (Å²) in [5, 5.41) is 0. The molecule has 0 aromatic rings. The van der Waals surface area contributed by atoms with Crippen LogP contribution in [0.25, 0.3) is 0 Å². The second kappa shape index (κ2) is 7.06. The van der Waals surface area contributed by atoms with Gasteiger partial charge in [0, 0.05) is 0 Å². The molecule has 1 heterocycles. The summed E-state index contributed by atoms with van der Waals surface area (Å²) >= 11 is 0. The lowest BCUT2D eigenvalue weighted by Crippen LogP contribution is -2.20. The number of hydrogen-bond donors (Lipinski definition) is 0. The van der Waals surface area contributed by atoms with E-state index in [0.717, 1.165) is 18.3 Å². The molecule has 0 aliphatic carbocycles. The Morgan fingerprint density at radius 1 is 1.00 bits per heavy atom. The van der Waals surface area contributed by atoms with Crippen LogP contribution in [0.1, 0.15) is 60.3 Å². The zero-order valence-electron chi connectivity index (χ0n) is 12.9. The standard InChI is InChI=1S/C16H28O3/c1-10(2)6-11(3)7-12(4)8-13(5)14-9-15(17)19-16(14)18/h10-14H,6-9H2,1-5H3. The van der Waals surface area contributed by atoms with E-state index < -0.39 is 0 Å². The summed E-state index contributed by atoms with van der Waals surface area (Å²) < 4.78 is 4.63. The van der Waals surface area contributed by atoms with E-state index >= 15 is 0 Å². The molecule has 0 aromatic carbocycles. The average molecular weight is 268 g/mol. The molecule has 0 N–H and O–H groups in total. The van der Waals surface area contributed by atoms with Gasteiger partial charge in [-0.1, -0.05) is 34.6 Å². The quantitative estimate of drug-likeness (QED) is 0.521. The van der Waals surface area contributed by atoms with Crippen molar-refractivity contribution in [2.75, 3.05) is 0 Å². The Hall–Kier alpha value is -0.860. The van der Waals surface area contributed by atoms with Crippen LogP contribution in [-0.2, 0) is 14.3 Å². The fourth-order valence-corrected chi connectivity index (χ4v) is 3.41. The monoisotopic (exact) mass is 268 g/mol. The van der Waals surface area contributed by atoms with Crippen molar-refractivity contribution >= 4 is 11.9 Å². The van der Waals surface area contributed by atoms with E-state index in [2.05, 4.69) is 39.4 Å². The molecule has 3 nitrogen and oxygen atoms in total. The maximum Gasteiger partial charge on any atom is 0.317 e. The molecule has 0 aromatic heterocycles. The molecule has 4 atom stereocenters. The molecule has 1 fully saturated rings. The molecule has 1 saturated heterocycles. The fourth-order valence-electron chi connectivity index (χ4n) is 3.41. The van der Waals surface area contributed by atoms with Gasteiger partial charge in [-0.2, -0.15) is 0 Å². The minimum absolute atomic E-state index is 0.213. The van der Waals surface area contributed by atoms with E-state index in [9.17, 15) is 9.59 Å². The van der Waals surface area contributed by atoms with Crippen molar-refractivity contribution in [2.45, 2.75) is 60.3 Å². The maximum atomic E-state index is 11.5. The normalized spacial score (nSPS) is 24.4. The maximum absolute atomic E-state index is 11.5. The van der Waals surface area contributed by atoms with Crippen molar-refractivity contribution in [1.29, 1.82) is 0 Å². The third kappa shape index (κ3) is 5.33. The van der Waals surface area contributed by atoms with Crippen molar-refractivity contribution in [3.05, 3.63) is 0 Å². The van der Waals surface area contributed by atoms with Crippen molar-refractivity contribution < 1.29 is 14.3 Å². The van der Waals surface area contributed by atoms with E-state index in [1.807, 2.05) is 0 Å². The van der Waals surface area contributed by atoms with Crippen LogP contribution >= 0.6 is 0 Å². The summed E-state index contributed by atoms with van der Waals surface area (Å²) in [7, 11) is 0. The van der Waals surface area contributed by atoms with E-state index in [0.29, 0.717) is 5.92 Å². The Labute approximate surface area is 117 Å². The molecule has 110 valence electrons. The second-order valence-corrected chi connectivity index (χ2v) is 6.89. The Morgan fingerprint density at radius 3 is 2.05 bits per heavy atom. The molecule has 1 aliphatic rings. The SMILES string of the molecule is CC(C)CC(C)CC(C)CC(C)C1CC(=O)OC1=O. The Kier molecular flexibility index (Phi) is 6.02. The largest absolute Gasteiger partial charge is 0.393 e. The number of carbonyl (C=O) groups is 2. The minimum atomic E-state index is -0.359. The van der Waals surface area contributed by atoms with Gasteiger partial charge in [0.05, 0.1) is 12.3 Å². The molecule has 19 heavy (non-hydrogen) atoms. The lowest BCUT2D eigenvalue weighted by Gasteiger charge is -2.23. The highest BCUT2D eigenvalue weighted by molar-refractivity contribution is 5.94. The number of cyclic esters (lactones) is 2. The molecule has 0 amide bonds. The number of hydrogen-bond acceptors (Lipinski definition) is 3. The summed E-state index contributed by atoms with van der Waals surface area (Å²) in [5.41, 5.74) is 0. The molecular formula is C16H28O3. The van der Waals surface area contributed by atoms with Crippen LogP contribution in [-0.4, -0.2) is 11.9 Å². The van der Waals surface area contributed by atoms with Gasteiger partial charge in [-0.05, 0) is 42.9 Å². The average Bonchev–Trinajstić information content (AvgIpc) is 2.55. The van der Waals surface area contributed by atoms with Crippen molar-refractivity contribution in [1.82, 2.24) is 0 Å². The highest BCUT2D eigenvalue weighted by Gasteiger charge is 2.37. The van der Waals surface area contributed by atoms with Gasteiger partial charge in [0.25, 0.3) is 0 Å². The summed E-state index contributed by atoms with van der Waals surface area (Å²) in [6.45, 7) is 11.1. The first-order valence-electron chi connectivity index (χ1n) is 7.54. The van der Waals surface area contributed by atoms with Gasteiger partial charge in [0.15, 0.2) is 0 Å². The second-order valence-electron chi connectivity index (χ2n) is 6.89. The lowest BCUT2D eigenvalue weighted by atomic mass is 9.81. The van der Waals surface area contributed by atoms with Gasteiger partial charge in [0.1, 0.15) is 0 Å². The predicted octanol–water partition coefficient (Wildman–Crippen LogP) is 3.81. The topological polar surface area (TPSA) is 43.4 Å². The van der Waals surface area contributed by atoms with E-state index in [-0.39, 0.29) is 30.2 Å². The Morgan fingerprint density at radius 2 is 1.58 bits per heavy atom. The molecular weight excluding hydrogens is 240 g/mol. The first-order chi connectivity index (χ1) is 8.79. The van der Waals surface area contributed by atoms with Gasteiger partial charge >= 0.3 is 11.9 Å². The van der Waals surface area contributed by atoms with Crippen LogP contribution in [0.5, 0.6) is 0 Å². The molecule has 3 heteroatoms. The zero-order valence-corrected chi connectivity index (χ0v) is 12.9. The minimum Gasteiger partial charge on any atom is -0.393 e. The summed E-state index contributed by atoms with van der Waals surface area (Å²) in [4.78, 5) is 22.6. The van der Waals surface area contributed by atoms with Gasteiger partial charge in [0.2, 0.25) is 0 Å². The highest BCUT2D eigenvalue weighted by atomic mass is 16.6. The van der Waals surface area contributed by atoms with E-state index in [4.69, 9.17) is 0 Å². The first kappa shape index (κ1) is 16.2. The van der Waals surface area contributed by atoms with E-state index in [1.165, 1.54) is 12.8 Å². The molecule has 0 spiro atoms. The number of carbonyl (C=O) groups excluding carboxylic acids is 2. The fraction of sp³-hybridized carbons (Fsp3) is 0.875. The van der Waals surface area contributed by atoms with Gasteiger partial charge in [-0.3, -0.25) is 9.59 Å². The lowest BCUT2D eigenvalue weighted by molar-refractivity contribution is -0.153. The first-order valence-corrected chi connectivity index (χ1v) is 7.54. The molecule has 0 bridgehead atoms. The number of rotatable bonds is 7. The molecule has 0 radical (unpaired) electrons.